The van der Waals surface area contributed by atoms with E-state index in [1.54, 1.807) is 4.90 Å². The molecule has 0 saturated carbocycles. The zero-order chi connectivity index (χ0) is 14.6. The van der Waals surface area contributed by atoms with Gasteiger partial charge in [-0.15, -0.1) is 0 Å². The Hall–Kier alpha value is -1.45. The minimum Gasteiger partial charge on any atom is -0.444 e. The Morgan fingerprint density at radius 3 is 2.00 bits per heavy atom. The van der Waals surface area contributed by atoms with Gasteiger partial charge in [0.1, 0.15) is 5.60 Å². The van der Waals surface area contributed by atoms with E-state index in [9.17, 15) is 4.79 Å². The third kappa shape index (κ3) is 5.37. The lowest BCUT2D eigenvalue weighted by Crippen LogP contribution is -2.49. The molecule has 0 aromatic rings. The van der Waals surface area contributed by atoms with Gasteiger partial charge in [-0.2, -0.15) is 0 Å². The van der Waals surface area contributed by atoms with E-state index in [2.05, 4.69) is 31.4 Å². The van der Waals surface area contributed by atoms with Crippen molar-refractivity contribution in [2.75, 3.05) is 26.2 Å². The molecule has 1 saturated heterocycles. The zero-order valence-electron chi connectivity index (χ0n) is 12.8. The maximum Gasteiger partial charge on any atom is 0.410 e. The van der Waals surface area contributed by atoms with E-state index in [-0.39, 0.29) is 6.09 Å². The standard InChI is InChI=1S/C15H26N2O2/c1-12(2)11-13(3)16-7-9-17(10-8-16)14(18)19-15(4,5)6/h11H,3,7-10H2,1-2,4-6H3. The van der Waals surface area contributed by atoms with Gasteiger partial charge in [0.2, 0.25) is 0 Å². The molecule has 4 nitrogen and oxygen atoms in total. The van der Waals surface area contributed by atoms with E-state index < -0.39 is 5.60 Å². The first-order chi connectivity index (χ1) is 8.69. The van der Waals surface area contributed by atoms with Crippen molar-refractivity contribution in [3.8, 4) is 0 Å². The molecule has 4 heteroatoms. The summed E-state index contributed by atoms with van der Waals surface area (Å²) in [5.74, 6) is 0. The second-order valence-electron chi connectivity index (χ2n) is 6.17. The van der Waals surface area contributed by atoms with Crippen molar-refractivity contribution < 1.29 is 9.53 Å². The first kappa shape index (κ1) is 15.6. The van der Waals surface area contributed by atoms with Crippen LogP contribution in [0.3, 0.4) is 0 Å². The quantitative estimate of drug-likeness (QED) is 0.720. The average Bonchev–Trinajstić information content (AvgIpc) is 2.26. The van der Waals surface area contributed by atoms with Crippen molar-refractivity contribution in [1.29, 1.82) is 0 Å². The number of piperazine rings is 1. The third-order valence-corrected chi connectivity index (χ3v) is 2.79. The van der Waals surface area contributed by atoms with Gasteiger partial charge >= 0.3 is 6.09 Å². The predicted molar refractivity (Wildman–Crippen MR) is 78.0 cm³/mol. The monoisotopic (exact) mass is 266 g/mol. The van der Waals surface area contributed by atoms with Crippen LogP contribution in [0.5, 0.6) is 0 Å². The molecule has 1 aliphatic rings. The number of hydrogen-bond acceptors (Lipinski definition) is 3. The molecule has 108 valence electrons. The SMILES string of the molecule is C=C(C=C(C)C)N1CCN(C(=O)OC(C)(C)C)CC1. The summed E-state index contributed by atoms with van der Waals surface area (Å²) in [7, 11) is 0. The maximum absolute atomic E-state index is 11.9. The lowest BCUT2D eigenvalue weighted by Gasteiger charge is -2.37. The molecule has 0 bridgehead atoms. The number of nitrogens with zero attached hydrogens (tertiary/aromatic N) is 2. The minimum atomic E-state index is -0.431. The van der Waals surface area contributed by atoms with Crippen molar-refractivity contribution in [2.45, 2.75) is 40.2 Å². The number of ether oxygens (including phenoxy) is 1. The van der Waals surface area contributed by atoms with E-state index in [4.69, 9.17) is 4.74 Å². The zero-order valence-corrected chi connectivity index (χ0v) is 12.8. The average molecular weight is 266 g/mol. The highest BCUT2D eigenvalue weighted by atomic mass is 16.6. The molecule has 1 fully saturated rings. The fraction of sp³-hybridized carbons (Fsp3) is 0.667. The number of carbonyl (C=O) groups is 1. The summed E-state index contributed by atoms with van der Waals surface area (Å²) in [4.78, 5) is 15.9. The predicted octanol–water partition coefficient (Wildman–Crippen LogP) is 3.02. The first-order valence-electron chi connectivity index (χ1n) is 6.76. The summed E-state index contributed by atoms with van der Waals surface area (Å²) in [5.41, 5.74) is 1.82. The van der Waals surface area contributed by atoms with Crippen LogP contribution in [-0.2, 0) is 4.74 Å². The molecular formula is C15H26N2O2. The largest absolute Gasteiger partial charge is 0.444 e. The summed E-state index contributed by atoms with van der Waals surface area (Å²) in [6.07, 6.45) is 1.85. The van der Waals surface area contributed by atoms with Crippen LogP contribution in [0.15, 0.2) is 23.9 Å². The Morgan fingerprint density at radius 1 is 1.11 bits per heavy atom. The van der Waals surface area contributed by atoms with Crippen LogP contribution in [0, 0.1) is 0 Å². The molecule has 0 radical (unpaired) electrons. The molecular weight excluding hydrogens is 240 g/mol. The summed E-state index contributed by atoms with van der Waals surface area (Å²) in [6, 6.07) is 0. The van der Waals surface area contributed by atoms with Crippen LogP contribution >= 0.6 is 0 Å². The van der Waals surface area contributed by atoms with Crippen LogP contribution in [-0.4, -0.2) is 47.7 Å². The van der Waals surface area contributed by atoms with Crippen LogP contribution in [0.25, 0.3) is 0 Å². The third-order valence-electron chi connectivity index (χ3n) is 2.79. The van der Waals surface area contributed by atoms with Gasteiger partial charge in [-0.3, -0.25) is 0 Å². The van der Waals surface area contributed by atoms with Crippen LogP contribution in [0.2, 0.25) is 0 Å². The molecule has 0 spiro atoms. The van der Waals surface area contributed by atoms with E-state index in [0.29, 0.717) is 13.1 Å². The number of rotatable bonds is 2. The normalized spacial score (nSPS) is 16.1. The van der Waals surface area contributed by atoms with Crippen LogP contribution < -0.4 is 0 Å². The van der Waals surface area contributed by atoms with Crippen molar-refractivity contribution in [3.05, 3.63) is 23.9 Å². The molecule has 0 unspecified atom stereocenters. The lowest BCUT2D eigenvalue weighted by molar-refractivity contribution is 0.0171. The molecule has 0 aromatic carbocycles. The molecule has 0 aromatic heterocycles. The Labute approximate surface area is 116 Å². The van der Waals surface area contributed by atoms with E-state index in [0.717, 1.165) is 18.8 Å². The number of allylic oxidation sites excluding steroid dienone is 2. The Kier molecular flexibility index (Phi) is 5.04. The first-order valence-corrected chi connectivity index (χ1v) is 6.76. The minimum absolute atomic E-state index is 0.222. The molecule has 0 N–H and O–H groups in total. The molecule has 0 aliphatic carbocycles. The van der Waals surface area contributed by atoms with Crippen molar-refractivity contribution in [3.63, 3.8) is 0 Å². The van der Waals surface area contributed by atoms with Gasteiger partial charge in [-0.05, 0) is 40.7 Å². The van der Waals surface area contributed by atoms with Crippen molar-refractivity contribution in [2.24, 2.45) is 0 Å². The van der Waals surface area contributed by atoms with Gasteiger partial charge in [-0.25, -0.2) is 4.79 Å². The van der Waals surface area contributed by atoms with Gasteiger partial charge in [0.25, 0.3) is 0 Å². The van der Waals surface area contributed by atoms with Crippen molar-refractivity contribution >= 4 is 6.09 Å². The molecule has 1 aliphatic heterocycles. The van der Waals surface area contributed by atoms with E-state index in [1.807, 2.05) is 20.8 Å². The van der Waals surface area contributed by atoms with Gasteiger partial charge in [0.15, 0.2) is 0 Å². The molecule has 1 rings (SSSR count). The number of carbonyl (C=O) groups excluding carboxylic acids is 1. The Balaban J connectivity index is 2.47. The van der Waals surface area contributed by atoms with Gasteiger partial charge in [-0.1, -0.05) is 12.2 Å². The fourth-order valence-corrected chi connectivity index (χ4v) is 1.93. The number of hydrogen-bond donors (Lipinski definition) is 0. The Morgan fingerprint density at radius 2 is 1.58 bits per heavy atom. The molecule has 0 atom stereocenters. The van der Waals surface area contributed by atoms with Crippen LogP contribution in [0.1, 0.15) is 34.6 Å². The van der Waals surface area contributed by atoms with Gasteiger partial charge in [0, 0.05) is 31.9 Å². The second kappa shape index (κ2) is 6.13. The molecule has 1 amide bonds. The summed E-state index contributed by atoms with van der Waals surface area (Å²) in [5, 5.41) is 0. The molecule has 1 heterocycles. The van der Waals surface area contributed by atoms with E-state index >= 15 is 0 Å². The summed E-state index contributed by atoms with van der Waals surface area (Å²) in [6.45, 7) is 16.8. The topological polar surface area (TPSA) is 32.8 Å². The van der Waals surface area contributed by atoms with Gasteiger partial charge < -0.3 is 14.5 Å². The molecule has 19 heavy (non-hydrogen) atoms. The number of amides is 1. The van der Waals surface area contributed by atoms with Crippen LogP contribution in [0.4, 0.5) is 4.79 Å². The highest BCUT2D eigenvalue weighted by Gasteiger charge is 2.25. The highest BCUT2D eigenvalue weighted by molar-refractivity contribution is 5.68. The highest BCUT2D eigenvalue weighted by Crippen LogP contribution is 2.14. The smallest absolute Gasteiger partial charge is 0.410 e. The van der Waals surface area contributed by atoms with Gasteiger partial charge in [0.05, 0.1) is 0 Å². The fourth-order valence-electron chi connectivity index (χ4n) is 1.93. The maximum atomic E-state index is 11.9. The lowest BCUT2D eigenvalue weighted by atomic mass is 10.2. The second-order valence-corrected chi connectivity index (χ2v) is 6.17. The summed E-state index contributed by atoms with van der Waals surface area (Å²) < 4.78 is 5.37. The van der Waals surface area contributed by atoms with E-state index in [1.165, 1.54) is 5.57 Å². The summed E-state index contributed by atoms with van der Waals surface area (Å²) >= 11 is 0. The van der Waals surface area contributed by atoms with Crippen molar-refractivity contribution in [1.82, 2.24) is 9.80 Å². The Bertz CT molecular complexity index is 368.